The Labute approximate surface area is 197 Å². The Morgan fingerprint density at radius 1 is 1.09 bits per heavy atom. The maximum Gasteiger partial charge on any atom is 0.273 e. The predicted molar refractivity (Wildman–Crippen MR) is 128 cm³/mol. The van der Waals surface area contributed by atoms with Crippen LogP contribution < -0.4 is 16.0 Å². The Hall–Kier alpha value is -4.08. The molecule has 1 atom stereocenters. The van der Waals surface area contributed by atoms with Gasteiger partial charge in [-0.05, 0) is 61.4 Å². The molecule has 0 spiro atoms. The van der Waals surface area contributed by atoms with Crippen LogP contribution in [0, 0.1) is 0 Å². The summed E-state index contributed by atoms with van der Waals surface area (Å²) in [5.41, 5.74) is 7.30. The molecular formula is C24H27N7O3. The number of amides is 3. The van der Waals surface area contributed by atoms with Crippen molar-refractivity contribution < 1.29 is 14.4 Å². The molecule has 1 saturated carbocycles. The van der Waals surface area contributed by atoms with Crippen LogP contribution in [0.25, 0.3) is 0 Å². The van der Waals surface area contributed by atoms with Gasteiger partial charge in [0.05, 0.1) is 6.04 Å². The number of hydrogen-bond acceptors (Lipinski definition) is 7. The summed E-state index contributed by atoms with van der Waals surface area (Å²) in [5, 5.41) is 11.0. The number of primary amides is 1. The van der Waals surface area contributed by atoms with Gasteiger partial charge in [0.1, 0.15) is 0 Å². The maximum atomic E-state index is 12.8. The molecule has 0 bridgehead atoms. The highest BCUT2D eigenvalue weighted by molar-refractivity contribution is 6.01. The lowest BCUT2D eigenvalue weighted by molar-refractivity contribution is -0.127. The van der Waals surface area contributed by atoms with Crippen molar-refractivity contribution in [3.05, 3.63) is 60.8 Å². The minimum Gasteiger partial charge on any atom is -0.364 e. The number of piperidine rings is 1. The molecule has 3 N–H and O–H groups in total. The number of carbonyl (C=O) groups excluding carboxylic acids is 3. The van der Waals surface area contributed by atoms with Crippen molar-refractivity contribution in [1.29, 1.82) is 0 Å². The van der Waals surface area contributed by atoms with Crippen LogP contribution in [0.1, 0.15) is 47.7 Å². The van der Waals surface area contributed by atoms with Crippen LogP contribution in [0.2, 0.25) is 0 Å². The second kappa shape index (κ2) is 9.82. The molecule has 1 saturated heterocycles. The summed E-state index contributed by atoms with van der Waals surface area (Å²) in [6, 6.07) is 7.45. The fourth-order valence-electron chi connectivity index (χ4n) is 4.10. The summed E-state index contributed by atoms with van der Waals surface area (Å²) >= 11 is 0. The maximum absolute atomic E-state index is 12.8. The van der Waals surface area contributed by atoms with Gasteiger partial charge in [0.15, 0.2) is 11.5 Å². The molecule has 0 unspecified atom stereocenters. The van der Waals surface area contributed by atoms with Gasteiger partial charge in [-0.2, -0.15) is 4.98 Å². The van der Waals surface area contributed by atoms with Crippen molar-refractivity contribution in [3.8, 4) is 0 Å². The van der Waals surface area contributed by atoms with Crippen molar-refractivity contribution in [2.75, 3.05) is 23.3 Å². The molecule has 1 aliphatic heterocycles. The van der Waals surface area contributed by atoms with E-state index in [2.05, 4.69) is 33.7 Å². The molecular weight excluding hydrogens is 434 g/mol. The van der Waals surface area contributed by atoms with Crippen molar-refractivity contribution in [1.82, 2.24) is 20.1 Å². The first-order valence-corrected chi connectivity index (χ1v) is 11.2. The Morgan fingerprint density at radius 3 is 2.44 bits per heavy atom. The summed E-state index contributed by atoms with van der Waals surface area (Å²) in [4.78, 5) is 44.4. The van der Waals surface area contributed by atoms with E-state index in [1.54, 1.807) is 4.90 Å². The summed E-state index contributed by atoms with van der Waals surface area (Å²) in [6.45, 7) is 7.98. The number of nitrogens with two attached hydrogens (primary N) is 1. The molecule has 34 heavy (non-hydrogen) atoms. The standard InChI is InChI=1S/C24H27N7O3/c1-3-19(32)30-13-5-6-18(14-30)31(20(33)4-2)24-27-23(21(22(25)34)28-29-24)26-17-11-9-16(10-12-17)15-7-8-15/h3-4,9-12,15,18H,1-2,5-8,13-14H2,(H2,25,34)(H,26,27,29)/t18-/m1/s1. The van der Waals surface area contributed by atoms with E-state index >= 15 is 0 Å². The van der Waals surface area contributed by atoms with E-state index in [1.165, 1.54) is 29.4 Å². The van der Waals surface area contributed by atoms with Crippen LogP contribution in [-0.2, 0) is 9.59 Å². The fourth-order valence-corrected chi connectivity index (χ4v) is 4.10. The molecule has 0 radical (unpaired) electrons. The van der Waals surface area contributed by atoms with E-state index in [9.17, 15) is 14.4 Å². The number of nitrogens with zero attached hydrogens (tertiary/aromatic N) is 5. The van der Waals surface area contributed by atoms with Gasteiger partial charge in [0, 0.05) is 18.8 Å². The highest BCUT2D eigenvalue weighted by atomic mass is 16.2. The van der Waals surface area contributed by atoms with Crippen molar-refractivity contribution in [2.45, 2.75) is 37.6 Å². The lowest BCUT2D eigenvalue weighted by Crippen LogP contribution is -2.52. The smallest absolute Gasteiger partial charge is 0.273 e. The molecule has 2 aromatic rings. The lowest BCUT2D eigenvalue weighted by Gasteiger charge is -2.37. The van der Waals surface area contributed by atoms with E-state index in [4.69, 9.17) is 5.73 Å². The molecule has 3 amide bonds. The number of rotatable bonds is 8. The van der Waals surface area contributed by atoms with Crippen LogP contribution >= 0.6 is 0 Å². The molecule has 10 heteroatoms. The zero-order chi connectivity index (χ0) is 24.2. The van der Waals surface area contributed by atoms with Gasteiger partial charge in [-0.1, -0.05) is 25.3 Å². The zero-order valence-electron chi connectivity index (χ0n) is 18.8. The van der Waals surface area contributed by atoms with Crippen LogP contribution in [0.15, 0.2) is 49.6 Å². The van der Waals surface area contributed by atoms with Crippen LogP contribution in [0.4, 0.5) is 17.5 Å². The van der Waals surface area contributed by atoms with Crippen LogP contribution in [-0.4, -0.2) is 56.9 Å². The first-order valence-electron chi connectivity index (χ1n) is 11.2. The first kappa shape index (κ1) is 23.1. The molecule has 4 rings (SSSR count). The molecule has 2 aliphatic rings. The van der Waals surface area contributed by atoms with Crippen LogP contribution in [0.5, 0.6) is 0 Å². The molecule has 10 nitrogen and oxygen atoms in total. The summed E-state index contributed by atoms with van der Waals surface area (Å²) < 4.78 is 0. The van der Waals surface area contributed by atoms with Gasteiger partial charge in [-0.15, -0.1) is 10.2 Å². The fraction of sp³-hybridized carbons (Fsp3) is 0.333. The Kier molecular flexibility index (Phi) is 6.67. The van der Waals surface area contributed by atoms with Gasteiger partial charge in [-0.25, -0.2) is 0 Å². The minimum atomic E-state index is -0.800. The number of nitrogens with one attached hydrogen (secondary N) is 1. The third-order valence-corrected chi connectivity index (χ3v) is 6.01. The second-order valence-corrected chi connectivity index (χ2v) is 8.39. The zero-order valence-corrected chi connectivity index (χ0v) is 18.8. The molecule has 1 aromatic heterocycles. The van der Waals surface area contributed by atoms with Crippen molar-refractivity contribution in [2.24, 2.45) is 5.73 Å². The summed E-state index contributed by atoms with van der Waals surface area (Å²) in [5.74, 6) is -0.755. The highest BCUT2D eigenvalue weighted by Gasteiger charge is 2.33. The normalized spacial score (nSPS) is 17.5. The van der Waals surface area contributed by atoms with Gasteiger partial charge in [0.2, 0.25) is 5.91 Å². The minimum absolute atomic E-state index is 0.00935. The van der Waals surface area contributed by atoms with Crippen molar-refractivity contribution >= 4 is 35.2 Å². The molecule has 1 aliphatic carbocycles. The number of hydrogen-bond donors (Lipinski definition) is 2. The van der Waals surface area contributed by atoms with E-state index in [0.717, 1.165) is 6.08 Å². The van der Waals surface area contributed by atoms with Gasteiger partial charge in [-0.3, -0.25) is 19.3 Å². The lowest BCUT2D eigenvalue weighted by atomic mass is 10.0. The van der Waals surface area contributed by atoms with Gasteiger partial charge in [0.25, 0.3) is 17.8 Å². The number of benzene rings is 1. The largest absolute Gasteiger partial charge is 0.364 e. The Morgan fingerprint density at radius 2 is 1.82 bits per heavy atom. The third kappa shape index (κ3) is 4.95. The van der Waals surface area contributed by atoms with Crippen molar-refractivity contribution in [3.63, 3.8) is 0 Å². The Balaban J connectivity index is 1.65. The molecule has 176 valence electrons. The second-order valence-electron chi connectivity index (χ2n) is 8.39. The van der Waals surface area contributed by atoms with Crippen LogP contribution in [0.3, 0.4) is 0 Å². The van der Waals surface area contributed by atoms with Gasteiger partial charge >= 0.3 is 0 Å². The average molecular weight is 462 g/mol. The molecule has 2 fully saturated rings. The SMILES string of the molecule is C=CC(=O)N1CCC[C@@H](N(C(=O)C=C)c2nnc(C(N)=O)c(Nc3ccc(C4CC4)cc3)n2)C1. The Bertz CT molecular complexity index is 1130. The first-order chi connectivity index (χ1) is 16.4. The van der Waals surface area contributed by atoms with Gasteiger partial charge < -0.3 is 16.0 Å². The number of likely N-dealkylation sites (tertiary alicyclic amines) is 1. The third-order valence-electron chi connectivity index (χ3n) is 6.01. The predicted octanol–water partition coefficient (Wildman–Crippen LogP) is 2.29. The topological polar surface area (TPSA) is 134 Å². The van der Waals surface area contributed by atoms with E-state index in [-0.39, 0.29) is 29.9 Å². The summed E-state index contributed by atoms with van der Waals surface area (Å²) in [6.07, 6.45) is 6.12. The van der Waals surface area contributed by atoms with E-state index in [1.807, 2.05) is 24.3 Å². The average Bonchev–Trinajstić information content (AvgIpc) is 3.70. The summed E-state index contributed by atoms with van der Waals surface area (Å²) in [7, 11) is 0. The molecule has 2 heterocycles. The molecule has 1 aromatic carbocycles. The highest BCUT2D eigenvalue weighted by Crippen LogP contribution is 2.40. The van der Waals surface area contributed by atoms with E-state index in [0.29, 0.717) is 31.0 Å². The number of aromatic nitrogens is 3. The quantitative estimate of drug-likeness (QED) is 0.576. The van der Waals surface area contributed by atoms with E-state index < -0.39 is 17.9 Å². The number of carbonyl (C=O) groups is 3. The number of anilines is 3. The monoisotopic (exact) mass is 461 g/mol.